The molecule has 1 aromatic heterocycles. The first kappa shape index (κ1) is 21.3. The minimum absolute atomic E-state index is 0.128. The lowest BCUT2D eigenvalue weighted by atomic mass is 10.1. The van der Waals surface area contributed by atoms with Crippen LogP contribution in [-0.4, -0.2) is 16.0 Å². The smallest absolute Gasteiger partial charge is 0.258 e. The third kappa shape index (κ3) is 4.71. The maximum atomic E-state index is 12.5. The molecule has 3 aromatic carbocycles. The number of benzene rings is 3. The molecule has 2 N–H and O–H groups in total. The van der Waals surface area contributed by atoms with E-state index in [1.807, 2.05) is 38.1 Å². The normalized spacial score (nSPS) is 10.8. The second-order valence-corrected chi connectivity index (χ2v) is 8.30. The maximum absolute atomic E-state index is 12.5. The number of hydrogen-bond acceptors (Lipinski definition) is 4. The van der Waals surface area contributed by atoms with Gasteiger partial charge in [0.1, 0.15) is 5.52 Å². The van der Waals surface area contributed by atoms with E-state index in [2.05, 4.69) is 15.6 Å². The Morgan fingerprint density at radius 3 is 2.48 bits per heavy atom. The molecule has 156 valence electrons. The predicted octanol–water partition coefficient (Wildman–Crippen LogP) is 6.55. The van der Waals surface area contributed by atoms with Gasteiger partial charge in [0, 0.05) is 5.69 Å². The Morgan fingerprint density at radius 1 is 0.968 bits per heavy atom. The molecule has 0 unspecified atom stereocenters. The molecule has 0 saturated heterocycles. The van der Waals surface area contributed by atoms with Gasteiger partial charge in [0.25, 0.3) is 5.91 Å². The molecule has 0 atom stereocenters. The number of aryl methyl sites for hydroxylation is 2. The molecule has 5 nitrogen and oxygen atoms in total. The van der Waals surface area contributed by atoms with Crippen molar-refractivity contribution in [1.82, 2.24) is 10.3 Å². The molecule has 4 aromatic rings. The summed E-state index contributed by atoms with van der Waals surface area (Å²) >= 11 is 17.8. The van der Waals surface area contributed by atoms with Crippen LogP contribution >= 0.6 is 35.4 Å². The van der Waals surface area contributed by atoms with Gasteiger partial charge in [-0.05, 0) is 79.7 Å². The zero-order valence-electron chi connectivity index (χ0n) is 16.6. The summed E-state index contributed by atoms with van der Waals surface area (Å²) in [5.74, 6) is 0.00153. The van der Waals surface area contributed by atoms with Crippen molar-refractivity contribution in [3.63, 3.8) is 0 Å². The highest BCUT2D eigenvalue weighted by Gasteiger charge is 2.15. The van der Waals surface area contributed by atoms with Crippen LogP contribution in [0.1, 0.15) is 21.5 Å². The lowest BCUT2D eigenvalue weighted by Crippen LogP contribution is -2.34. The molecule has 0 saturated carbocycles. The summed E-state index contributed by atoms with van der Waals surface area (Å²) in [5, 5.41) is 6.58. The molecule has 4 rings (SSSR count). The zero-order chi connectivity index (χ0) is 22.1. The molecule has 0 bridgehead atoms. The van der Waals surface area contributed by atoms with Gasteiger partial charge in [0.2, 0.25) is 5.89 Å². The summed E-state index contributed by atoms with van der Waals surface area (Å²) in [6, 6.07) is 16.2. The van der Waals surface area contributed by atoms with E-state index >= 15 is 0 Å². The number of nitrogens with one attached hydrogen (secondary N) is 2. The Hall–Kier alpha value is -2.93. The van der Waals surface area contributed by atoms with E-state index in [0.717, 1.165) is 16.6 Å². The fourth-order valence-corrected chi connectivity index (χ4v) is 3.78. The van der Waals surface area contributed by atoms with E-state index in [-0.39, 0.29) is 5.11 Å². The number of halogens is 2. The Bertz CT molecular complexity index is 1330. The molecule has 1 heterocycles. The molecule has 1 amide bonds. The molecule has 0 aliphatic carbocycles. The highest BCUT2D eigenvalue weighted by Crippen LogP contribution is 2.32. The van der Waals surface area contributed by atoms with E-state index in [4.69, 9.17) is 39.8 Å². The van der Waals surface area contributed by atoms with Crippen molar-refractivity contribution in [2.24, 2.45) is 0 Å². The Kier molecular flexibility index (Phi) is 5.96. The van der Waals surface area contributed by atoms with Crippen molar-refractivity contribution in [2.45, 2.75) is 13.8 Å². The van der Waals surface area contributed by atoms with Crippen LogP contribution in [0.5, 0.6) is 0 Å². The van der Waals surface area contributed by atoms with E-state index in [1.54, 1.807) is 30.3 Å². The second kappa shape index (κ2) is 8.67. The second-order valence-electron chi connectivity index (χ2n) is 7.08. The molecule has 0 aliphatic rings. The summed E-state index contributed by atoms with van der Waals surface area (Å²) in [4.78, 5) is 17.0. The minimum atomic E-state index is -0.397. The number of carbonyl (C=O) groups is 1. The number of aromatic nitrogens is 1. The number of carbonyl (C=O) groups excluding carboxylic acids is 1. The van der Waals surface area contributed by atoms with Gasteiger partial charge in [0.15, 0.2) is 10.7 Å². The van der Waals surface area contributed by atoms with E-state index in [1.165, 1.54) is 0 Å². The standard InChI is InChI=1S/C23H17Cl2N3O2S/c1-12-3-6-15(18(25)9-12)21(29)28-23(31)26-14-5-7-17(24)16(11-14)22-27-19-8-4-13(2)10-20(19)30-22/h3-11H,1-2H3,(H2,26,28,29,31). The predicted molar refractivity (Wildman–Crippen MR) is 129 cm³/mol. The first-order valence-electron chi connectivity index (χ1n) is 9.36. The van der Waals surface area contributed by atoms with Gasteiger partial charge < -0.3 is 9.73 Å². The SMILES string of the molecule is Cc1ccc(C(=O)NC(=S)Nc2ccc(Cl)c(-c3nc4ccc(C)cc4o3)c2)c(Cl)c1. The van der Waals surface area contributed by atoms with Gasteiger partial charge in [-0.25, -0.2) is 4.98 Å². The van der Waals surface area contributed by atoms with E-state index in [0.29, 0.717) is 38.3 Å². The van der Waals surface area contributed by atoms with E-state index in [9.17, 15) is 4.79 Å². The average molecular weight is 470 g/mol. The summed E-state index contributed by atoms with van der Waals surface area (Å²) in [7, 11) is 0. The number of amides is 1. The maximum Gasteiger partial charge on any atom is 0.258 e. The highest BCUT2D eigenvalue weighted by molar-refractivity contribution is 7.80. The summed E-state index contributed by atoms with van der Waals surface area (Å²) in [5.41, 5.74) is 5.04. The lowest BCUT2D eigenvalue weighted by molar-refractivity contribution is 0.0978. The van der Waals surface area contributed by atoms with Crippen molar-refractivity contribution in [2.75, 3.05) is 5.32 Å². The molecule has 0 radical (unpaired) electrons. The number of thiocarbonyl (C=S) groups is 1. The molecule has 0 aliphatic heterocycles. The third-order valence-corrected chi connectivity index (χ3v) is 5.44. The molecular weight excluding hydrogens is 453 g/mol. The van der Waals surface area contributed by atoms with Crippen LogP contribution in [0.4, 0.5) is 5.69 Å². The third-order valence-electron chi connectivity index (χ3n) is 4.59. The number of oxazole rings is 1. The quantitative estimate of drug-likeness (QED) is 0.333. The van der Waals surface area contributed by atoms with Crippen LogP contribution in [0.25, 0.3) is 22.6 Å². The van der Waals surface area contributed by atoms with Crippen molar-refractivity contribution in [3.8, 4) is 11.5 Å². The largest absolute Gasteiger partial charge is 0.436 e. The number of hydrogen-bond donors (Lipinski definition) is 2. The molecule has 0 spiro atoms. The summed E-state index contributed by atoms with van der Waals surface area (Å²) in [6.07, 6.45) is 0. The van der Waals surface area contributed by atoms with Crippen LogP contribution in [-0.2, 0) is 0 Å². The van der Waals surface area contributed by atoms with Crippen molar-refractivity contribution in [1.29, 1.82) is 0 Å². The molecular formula is C23H17Cl2N3O2S. The Balaban J connectivity index is 1.53. The fraction of sp³-hybridized carbons (Fsp3) is 0.0870. The van der Waals surface area contributed by atoms with Gasteiger partial charge in [-0.15, -0.1) is 0 Å². The van der Waals surface area contributed by atoms with Gasteiger partial charge in [0.05, 0.1) is 21.2 Å². The fourth-order valence-electron chi connectivity index (χ4n) is 3.05. The monoisotopic (exact) mass is 469 g/mol. The number of nitrogens with zero attached hydrogens (tertiary/aromatic N) is 1. The van der Waals surface area contributed by atoms with Crippen molar-refractivity contribution < 1.29 is 9.21 Å². The average Bonchev–Trinajstić information content (AvgIpc) is 3.12. The first-order valence-corrected chi connectivity index (χ1v) is 10.5. The van der Waals surface area contributed by atoms with E-state index < -0.39 is 5.91 Å². The number of fused-ring (bicyclic) bond motifs is 1. The summed E-state index contributed by atoms with van der Waals surface area (Å²) in [6.45, 7) is 3.88. The van der Waals surface area contributed by atoms with Gasteiger partial charge >= 0.3 is 0 Å². The molecule has 0 fully saturated rings. The first-order chi connectivity index (χ1) is 14.8. The van der Waals surface area contributed by atoms with Crippen molar-refractivity contribution >= 4 is 63.2 Å². The van der Waals surface area contributed by atoms with Crippen molar-refractivity contribution in [3.05, 3.63) is 81.3 Å². The topological polar surface area (TPSA) is 67.2 Å². The van der Waals surface area contributed by atoms with Crippen LogP contribution in [0, 0.1) is 13.8 Å². The zero-order valence-corrected chi connectivity index (χ0v) is 19.0. The van der Waals surface area contributed by atoms with Crippen LogP contribution < -0.4 is 10.6 Å². The molecule has 8 heteroatoms. The molecule has 31 heavy (non-hydrogen) atoms. The Morgan fingerprint density at radius 2 is 1.71 bits per heavy atom. The van der Waals surface area contributed by atoms with Gasteiger partial charge in [-0.2, -0.15) is 0 Å². The van der Waals surface area contributed by atoms with Crippen LogP contribution in [0.3, 0.4) is 0 Å². The van der Waals surface area contributed by atoms with Gasteiger partial charge in [-0.3, -0.25) is 10.1 Å². The summed E-state index contributed by atoms with van der Waals surface area (Å²) < 4.78 is 5.88. The highest BCUT2D eigenvalue weighted by atomic mass is 35.5. The Labute approximate surface area is 194 Å². The lowest BCUT2D eigenvalue weighted by Gasteiger charge is -2.12. The van der Waals surface area contributed by atoms with Gasteiger partial charge in [-0.1, -0.05) is 35.3 Å². The minimum Gasteiger partial charge on any atom is -0.436 e. The van der Waals surface area contributed by atoms with Crippen LogP contribution in [0.15, 0.2) is 59.0 Å². The number of anilines is 1. The number of rotatable bonds is 3. The van der Waals surface area contributed by atoms with Crippen LogP contribution in [0.2, 0.25) is 10.0 Å².